The van der Waals surface area contributed by atoms with Gasteiger partial charge in [-0.1, -0.05) is 12.1 Å². The van der Waals surface area contributed by atoms with Crippen LogP contribution in [0.3, 0.4) is 0 Å². The summed E-state index contributed by atoms with van der Waals surface area (Å²) in [6.07, 6.45) is 1.53. The summed E-state index contributed by atoms with van der Waals surface area (Å²) in [6.45, 7) is 2.83. The molecule has 0 radical (unpaired) electrons. The van der Waals surface area contributed by atoms with Crippen LogP contribution in [-0.2, 0) is 16.4 Å². The lowest BCUT2D eigenvalue weighted by atomic mass is 10.1. The molecule has 2 rings (SSSR count). The van der Waals surface area contributed by atoms with E-state index in [0.29, 0.717) is 18.9 Å². The predicted octanol–water partition coefficient (Wildman–Crippen LogP) is 3.01. The van der Waals surface area contributed by atoms with Crippen molar-refractivity contribution in [2.45, 2.75) is 24.7 Å². The number of nitrogens with one attached hydrogen (secondary N) is 1. The molecule has 1 N–H and O–H groups in total. The predicted molar refractivity (Wildman–Crippen MR) is 94.1 cm³/mol. The molecule has 0 spiro atoms. The zero-order chi connectivity index (χ0) is 17.4. The molecule has 0 heterocycles. The summed E-state index contributed by atoms with van der Waals surface area (Å²) in [5.74, 6) is 1.48. The van der Waals surface area contributed by atoms with Gasteiger partial charge in [0.1, 0.15) is 11.5 Å². The number of hydrogen-bond donors (Lipinski definition) is 1. The van der Waals surface area contributed by atoms with Gasteiger partial charge in [0, 0.05) is 6.54 Å². The first kappa shape index (κ1) is 18.3. The second kappa shape index (κ2) is 8.70. The Hall–Kier alpha value is -2.05. The van der Waals surface area contributed by atoms with Gasteiger partial charge in [-0.2, -0.15) is 0 Å². The van der Waals surface area contributed by atoms with Crippen molar-refractivity contribution in [2.75, 3.05) is 20.3 Å². The van der Waals surface area contributed by atoms with Crippen molar-refractivity contribution in [1.82, 2.24) is 4.72 Å². The third-order valence-electron chi connectivity index (χ3n) is 3.54. The highest BCUT2D eigenvalue weighted by molar-refractivity contribution is 7.89. The van der Waals surface area contributed by atoms with Crippen molar-refractivity contribution in [1.29, 1.82) is 0 Å². The summed E-state index contributed by atoms with van der Waals surface area (Å²) in [7, 11) is -1.85. The summed E-state index contributed by atoms with van der Waals surface area (Å²) in [6, 6.07) is 14.2. The first-order valence-corrected chi connectivity index (χ1v) is 9.39. The minimum atomic E-state index is -3.48. The van der Waals surface area contributed by atoms with Crippen molar-refractivity contribution in [3.8, 4) is 11.5 Å². The van der Waals surface area contributed by atoms with Crippen LogP contribution in [0.5, 0.6) is 11.5 Å². The maximum atomic E-state index is 12.2. The van der Waals surface area contributed by atoms with E-state index in [4.69, 9.17) is 9.47 Å². The molecule has 0 aliphatic carbocycles. The standard InChI is InChI=1S/C18H23NO4S/c1-3-23-17-10-12-18(13-11-17)24(20,21)19-14-4-5-15-6-8-16(22-2)9-7-15/h6-13,19H,3-5,14H2,1-2H3. The highest BCUT2D eigenvalue weighted by Crippen LogP contribution is 2.16. The van der Waals surface area contributed by atoms with Gasteiger partial charge in [0.2, 0.25) is 10.0 Å². The largest absolute Gasteiger partial charge is 0.497 e. The van der Waals surface area contributed by atoms with Crippen molar-refractivity contribution in [2.24, 2.45) is 0 Å². The van der Waals surface area contributed by atoms with Gasteiger partial charge in [-0.25, -0.2) is 13.1 Å². The van der Waals surface area contributed by atoms with Crippen molar-refractivity contribution in [3.05, 3.63) is 54.1 Å². The molecule has 0 aliphatic heterocycles. The molecule has 2 aromatic carbocycles. The van der Waals surface area contributed by atoms with Crippen LogP contribution in [0.2, 0.25) is 0 Å². The number of aryl methyl sites for hydroxylation is 1. The Labute approximate surface area is 143 Å². The Morgan fingerprint density at radius 2 is 1.58 bits per heavy atom. The molecule has 0 aliphatic rings. The van der Waals surface area contributed by atoms with Crippen LogP contribution in [-0.4, -0.2) is 28.7 Å². The first-order valence-electron chi connectivity index (χ1n) is 7.90. The quantitative estimate of drug-likeness (QED) is 0.707. The Balaban J connectivity index is 1.83. The van der Waals surface area contributed by atoms with Crippen LogP contribution in [0, 0.1) is 0 Å². The Morgan fingerprint density at radius 1 is 0.958 bits per heavy atom. The van der Waals surface area contributed by atoms with E-state index in [-0.39, 0.29) is 4.90 Å². The van der Waals surface area contributed by atoms with E-state index < -0.39 is 10.0 Å². The monoisotopic (exact) mass is 349 g/mol. The third-order valence-corrected chi connectivity index (χ3v) is 5.02. The van der Waals surface area contributed by atoms with Crippen molar-refractivity contribution < 1.29 is 17.9 Å². The van der Waals surface area contributed by atoms with Crippen LogP contribution in [0.25, 0.3) is 0 Å². The van der Waals surface area contributed by atoms with Gasteiger partial charge in [-0.3, -0.25) is 0 Å². The Kier molecular flexibility index (Phi) is 6.63. The molecule has 0 saturated carbocycles. The molecular weight excluding hydrogens is 326 g/mol. The van der Waals surface area contributed by atoms with Gasteiger partial charge in [0.05, 0.1) is 18.6 Å². The molecule has 5 nitrogen and oxygen atoms in total. The minimum absolute atomic E-state index is 0.246. The molecule has 6 heteroatoms. The second-order valence-corrected chi connectivity index (χ2v) is 7.02. The van der Waals surface area contributed by atoms with Crippen molar-refractivity contribution in [3.63, 3.8) is 0 Å². The van der Waals surface area contributed by atoms with E-state index in [9.17, 15) is 8.42 Å². The van der Waals surface area contributed by atoms with Crippen LogP contribution in [0.1, 0.15) is 18.9 Å². The molecule has 0 atom stereocenters. The van der Waals surface area contributed by atoms with Gasteiger partial charge in [-0.05, 0) is 61.7 Å². The summed E-state index contributed by atoms with van der Waals surface area (Å²) in [4.78, 5) is 0.246. The van der Waals surface area contributed by atoms with Crippen LogP contribution >= 0.6 is 0 Å². The van der Waals surface area contributed by atoms with E-state index in [1.165, 1.54) is 0 Å². The zero-order valence-electron chi connectivity index (χ0n) is 14.0. The average Bonchev–Trinajstić information content (AvgIpc) is 2.60. The van der Waals surface area contributed by atoms with E-state index in [1.54, 1.807) is 31.4 Å². The lowest BCUT2D eigenvalue weighted by Gasteiger charge is -2.08. The fourth-order valence-corrected chi connectivity index (χ4v) is 3.33. The summed E-state index contributed by atoms with van der Waals surface area (Å²) in [5.41, 5.74) is 1.15. The molecule has 0 aromatic heterocycles. The number of benzene rings is 2. The molecule has 0 saturated heterocycles. The Bertz CT molecular complexity index is 725. The number of hydrogen-bond acceptors (Lipinski definition) is 4. The lowest BCUT2D eigenvalue weighted by Crippen LogP contribution is -2.25. The highest BCUT2D eigenvalue weighted by atomic mass is 32.2. The third kappa shape index (κ3) is 5.25. The lowest BCUT2D eigenvalue weighted by molar-refractivity contribution is 0.340. The molecule has 0 unspecified atom stereocenters. The van der Waals surface area contributed by atoms with Crippen LogP contribution in [0.15, 0.2) is 53.4 Å². The fourth-order valence-electron chi connectivity index (χ4n) is 2.26. The number of sulfonamides is 1. The number of methoxy groups -OCH3 is 1. The maximum absolute atomic E-state index is 12.2. The van der Waals surface area contributed by atoms with Gasteiger partial charge >= 0.3 is 0 Å². The zero-order valence-corrected chi connectivity index (χ0v) is 14.8. The second-order valence-electron chi connectivity index (χ2n) is 5.25. The smallest absolute Gasteiger partial charge is 0.240 e. The normalized spacial score (nSPS) is 11.2. The molecular formula is C18H23NO4S. The molecule has 0 bridgehead atoms. The van der Waals surface area contributed by atoms with E-state index in [0.717, 1.165) is 24.2 Å². The minimum Gasteiger partial charge on any atom is -0.497 e. The molecule has 130 valence electrons. The SMILES string of the molecule is CCOc1ccc(S(=O)(=O)NCCCc2ccc(OC)cc2)cc1. The summed E-state index contributed by atoms with van der Waals surface area (Å²) >= 11 is 0. The van der Waals surface area contributed by atoms with Crippen LogP contribution < -0.4 is 14.2 Å². The molecule has 2 aromatic rings. The summed E-state index contributed by atoms with van der Waals surface area (Å²) < 4.78 is 37.5. The maximum Gasteiger partial charge on any atom is 0.240 e. The number of rotatable bonds is 9. The molecule has 0 fully saturated rings. The van der Waals surface area contributed by atoms with Gasteiger partial charge in [0.25, 0.3) is 0 Å². The Morgan fingerprint density at radius 3 is 2.17 bits per heavy atom. The number of ether oxygens (including phenoxy) is 2. The highest BCUT2D eigenvalue weighted by Gasteiger charge is 2.13. The topological polar surface area (TPSA) is 64.6 Å². The van der Waals surface area contributed by atoms with Gasteiger partial charge in [0.15, 0.2) is 0 Å². The van der Waals surface area contributed by atoms with Gasteiger partial charge in [-0.15, -0.1) is 0 Å². The fraction of sp³-hybridized carbons (Fsp3) is 0.333. The van der Waals surface area contributed by atoms with E-state index in [1.807, 2.05) is 31.2 Å². The molecule has 0 amide bonds. The summed E-state index contributed by atoms with van der Waals surface area (Å²) in [5, 5.41) is 0. The van der Waals surface area contributed by atoms with E-state index >= 15 is 0 Å². The average molecular weight is 349 g/mol. The van der Waals surface area contributed by atoms with E-state index in [2.05, 4.69) is 4.72 Å². The van der Waals surface area contributed by atoms with Crippen molar-refractivity contribution >= 4 is 10.0 Å². The molecule has 24 heavy (non-hydrogen) atoms. The van der Waals surface area contributed by atoms with Gasteiger partial charge < -0.3 is 9.47 Å². The van der Waals surface area contributed by atoms with Crippen LogP contribution in [0.4, 0.5) is 0 Å². The first-order chi connectivity index (χ1) is 11.5.